The molecule has 0 atom stereocenters. The highest BCUT2D eigenvalue weighted by atomic mass is 32.1. The van der Waals surface area contributed by atoms with Gasteiger partial charge in [-0.2, -0.15) is 0 Å². The van der Waals surface area contributed by atoms with Crippen molar-refractivity contribution < 1.29 is 18.9 Å². The number of ether oxygens (including phenoxy) is 4. The third-order valence-corrected chi connectivity index (χ3v) is 3.45. The molecule has 1 saturated heterocycles. The van der Waals surface area contributed by atoms with Crippen LogP contribution in [0.15, 0.2) is 0 Å². The van der Waals surface area contributed by atoms with E-state index in [4.69, 9.17) is 43.4 Å². The predicted molar refractivity (Wildman–Crippen MR) is 100 cm³/mol. The Hall–Kier alpha value is -0.780. The molecule has 0 aromatic heterocycles. The monoisotopic (exact) mass is 380 g/mol. The molecule has 1 aliphatic heterocycles. The first kappa shape index (κ1) is 21.3. The van der Waals surface area contributed by atoms with Crippen LogP contribution in [0.3, 0.4) is 0 Å². The Labute approximate surface area is 154 Å². The molecule has 0 saturated carbocycles. The van der Waals surface area contributed by atoms with Crippen molar-refractivity contribution in [3.8, 4) is 0 Å². The second-order valence-corrected chi connectivity index (χ2v) is 5.63. The summed E-state index contributed by atoms with van der Waals surface area (Å²) in [6.45, 7) is 7.12. The lowest BCUT2D eigenvalue weighted by Gasteiger charge is -2.13. The van der Waals surface area contributed by atoms with E-state index in [1.807, 2.05) is 0 Å². The smallest absolute Gasteiger partial charge is 0.166 e. The van der Waals surface area contributed by atoms with E-state index in [2.05, 4.69) is 21.3 Å². The summed E-state index contributed by atoms with van der Waals surface area (Å²) in [7, 11) is 0. The van der Waals surface area contributed by atoms with Crippen molar-refractivity contribution in [2.24, 2.45) is 0 Å². The zero-order chi connectivity index (χ0) is 17.3. The van der Waals surface area contributed by atoms with Gasteiger partial charge in [0.2, 0.25) is 0 Å². The van der Waals surface area contributed by atoms with Gasteiger partial charge in [0, 0.05) is 26.2 Å². The van der Waals surface area contributed by atoms with Crippen LogP contribution < -0.4 is 21.3 Å². The van der Waals surface area contributed by atoms with E-state index in [9.17, 15) is 0 Å². The van der Waals surface area contributed by atoms with E-state index in [-0.39, 0.29) is 0 Å². The molecule has 0 bridgehead atoms. The minimum absolute atomic E-state index is 0.551. The van der Waals surface area contributed by atoms with Crippen molar-refractivity contribution in [2.75, 3.05) is 79.0 Å². The van der Waals surface area contributed by atoms with Crippen LogP contribution in [0.2, 0.25) is 0 Å². The SMILES string of the molecule is S=C1NCCOCCOCCNC(=S)NCCOCCOCCN1. The summed E-state index contributed by atoms with van der Waals surface area (Å²) < 4.78 is 21.8. The molecule has 0 aromatic rings. The molecule has 0 radical (unpaired) electrons. The van der Waals surface area contributed by atoms with Crippen molar-refractivity contribution in [2.45, 2.75) is 0 Å². The molecule has 140 valence electrons. The van der Waals surface area contributed by atoms with Gasteiger partial charge in [-0.3, -0.25) is 0 Å². The topological polar surface area (TPSA) is 85.0 Å². The van der Waals surface area contributed by atoms with Gasteiger partial charge in [-0.05, 0) is 24.4 Å². The molecular weight excluding hydrogens is 352 g/mol. The molecule has 8 nitrogen and oxygen atoms in total. The Balaban J connectivity index is 2.16. The molecule has 1 heterocycles. The summed E-state index contributed by atoms with van der Waals surface area (Å²) in [4.78, 5) is 0. The molecule has 24 heavy (non-hydrogen) atoms. The Morgan fingerprint density at radius 3 is 0.958 bits per heavy atom. The fourth-order valence-corrected chi connectivity index (χ4v) is 2.12. The van der Waals surface area contributed by atoms with E-state index in [0.717, 1.165) is 0 Å². The third kappa shape index (κ3) is 13.6. The fraction of sp³-hybridized carbons (Fsp3) is 0.857. The summed E-state index contributed by atoms with van der Waals surface area (Å²) in [5.41, 5.74) is 0. The predicted octanol–water partition coefficient (Wildman–Crippen LogP) is -1.01. The average Bonchev–Trinajstić information content (AvgIpc) is 2.57. The largest absolute Gasteiger partial charge is 0.377 e. The van der Waals surface area contributed by atoms with Gasteiger partial charge >= 0.3 is 0 Å². The van der Waals surface area contributed by atoms with Gasteiger partial charge in [-0.15, -0.1) is 0 Å². The highest BCUT2D eigenvalue weighted by Crippen LogP contribution is 1.81. The van der Waals surface area contributed by atoms with Crippen LogP contribution in [0.25, 0.3) is 0 Å². The molecule has 1 rings (SSSR count). The molecule has 1 fully saturated rings. The number of hydrogen-bond acceptors (Lipinski definition) is 6. The first-order chi connectivity index (χ1) is 11.8. The molecule has 1 aliphatic rings. The van der Waals surface area contributed by atoms with Gasteiger partial charge < -0.3 is 40.2 Å². The quantitative estimate of drug-likeness (QED) is 0.393. The summed E-state index contributed by atoms with van der Waals surface area (Å²) in [5, 5.41) is 13.5. The molecule has 0 amide bonds. The lowest BCUT2D eigenvalue weighted by Crippen LogP contribution is -2.39. The maximum atomic E-state index is 5.44. The Bertz CT molecular complexity index is 291. The van der Waals surface area contributed by atoms with Crippen molar-refractivity contribution in [1.82, 2.24) is 21.3 Å². The Morgan fingerprint density at radius 2 is 0.708 bits per heavy atom. The first-order valence-electron chi connectivity index (χ1n) is 8.13. The zero-order valence-electron chi connectivity index (χ0n) is 13.9. The van der Waals surface area contributed by atoms with Crippen LogP contribution in [-0.2, 0) is 18.9 Å². The summed E-state index contributed by atoms with van der Waals surface area (Å²) in [6.07, 6.45) is 0. The van der Waals surface area contributed by atoms with E-state index >= 15 is 0 Å². The van der Waals surface area contributed by atoms with Crippen LogP contribution >= 0.6 is 24.4 Å². The molecular formula is C14H28N4O4S2. The minimum atomic E-state index is 0.551. The summed E-state index contributed by atoms with van der Waals surface area (Å²) in [5.74, 6) is 0. The molecule has 10 heteroatoms. The first-order valence-corrected chi connectivity index (χ1v) is 8.95. The van der Waals surface area contributed by atoms with Crippen LogP contribution in [0.1, 0.15) is 0 Å². The minimum Gasteiger partial charge on any atom is -0.377 e. The van der Waals surface area contributed by atoms with Gasteiger partial charge in [-0.1, -0.05) is 0 Å². The molecule has 0 spiro atoms. The molecule has 4 N–H and O–H groups in total. The van der Waals surface area contributed by atoms with Crippen molar-refractivity contribution >= 4 is 34.7 Å². The van der Waals surface area contributed by atoms with E-state index < -0.39 is 0 Å². The van der Waals surface area contributed by atoms with E-state index in [1.54, 1.807) is 0 Å². The number of rotatable bonds is 0. The van der Waals surface area contributed by atoms with Crippen molar-refractivity contribution in [1.29, 1.82) is 0 Å². The van der Waals surface area contributed by atoms with Gasteiger partial charge in [0.15, 0.2) is 10.2 Å². The normalized spacial score (nSPS) is 21.8. The fourth-order valence-electron chi connectivity index (χ4n) is 1.72. The molecule has 0 unspecified atom stereocenters. The molecule has 0 aromatic carbocycles. The molecule has 0 aliphatic carbocycles. The van der Waals surface area contributed by atoms with Crippen molar-refractivity contribution in [3.05, 3.63) is 0 Å². The highest BCUT2D eigenvalue weighted by Gasteiger charge is 1.98. The lowest BCUT2D eigenvalue weighted by atomic mass is 10.6. The van der Waals surface area contributed by atoms with Gasteiger partial charge in [0.05, 0.1) is 52.9 Å². The van der Waals surface area contributed by atoms with Gasteiger partial charge in [0.1, 0.15) is 0 Å². The van der Waals surface area contributed by atoms with Crippen LogP contribution in [0.4, 0.5) is 0 Å². The van der Waals surface area contributed by atoms with Gasteiger partial charge in [-0.25, -0.2) is 0 Å². The summed E-state index contributed by atoms with van der Waals surface area (Å²) >= 11 is 10.3. The van der Waals surface area contributed by atoms with Crippen LogP contribution in [0.5, 0.6) is 0 Å². The summed E-state index contributed by atoms with van der Waals surface area (Å²) in [6, 6.07) is 0. The van der Waals surface area contributed by atoms with E-state index in [1.165, 1.54) is 0 Å². The van der Waals surface area contributed by atoms with Gasteiger partial charge in [0.25, 0.3) is 0 Å². The second-order valence-electron chi connectivity index (χ2n) is 4.81. The van der Waals surface area contributed by atoms with Crippen LogP contribution in [0, 0.1) is 0 Å². The number of nitrogens with one attached hydrogen (secondary N) is 4. The average molecular weight is 381 g/mol. The second kappa shape index (κ2) is 15.7. The third-order valence-electron chi connectivity index (χ3n) is 2.87. The van der Waals surface area contributed by atoms with Crippen molar-refractivity contribution in [3.63, 3.8) is 0 Å². The number of hydrogen-bond donors (Lipinski definition) is 4. The maximum absolute atomic E-state index is 5.44. The Kier molecular flexibility index (Phi) is 13.9. The maximum Gasteiger partial charge on any atom is 0.166 e. The van der Waals surface area contributed by atoms with Crippen LogP contribution in [-0.4, -0.2) is 89.3 Å². The zero-order valence-corrected chi connectivity index (χ0v) is 15.6. The van der Waals surface area contributed by atoms with E-state index in [0.29, 0.717) is 89.3 Å². The number of thiocarbonyl (C=S) groups is 2. The Morgan fingerprint density at radius 1 is 0.458 bits per heavy atom. The standard InChI is InChI=1S/C14H28N4O4S2/c23-13-15-1-5-19-9-10-20-7-3-17-14(24)18-4-8-22-12-11-21-6-2-16-13/h1-12H2,(H2,15,16,23)(H2,17,18,24). The highest BCUT2D eigenvalue weighted by molar-refractivity contribution is 7.80. The lowest BCUT2D eigenvalue weighted by molar-refractivity contribution is 0.0504.